The van der Waals surface area contributed by atoms with E-state index in [1.807, 2.05) is 55.5 Å². The molecule has 0 spiro atoms. The van der Waals surface area contributed by atoms with Gasteiger partial charge in [0.25, 0.3) is 5.91 Å². The number of rotatable bonds is 5. The molecule has 0 saturated carbocycles. The van der Waals surface area contributed by atoms with Crippen LogP contribution in [0.4, 0.5) is 5.69 Å². The van der Waals surface area contributed by atoms with E-state index in [1.165, 1.54) is 0 Å². The molecule has 0 radical (unpaired) electrons. The Morgan fingerprint density at radius 2 is 1.72 bits per heavy atom. The fraction of sp³-hybridized carbons (Fsp3) is 0.111. The van der Waals surface area contributed by atoms with Gasteiger partial charge in [-0.2, -0.15) is 0 Å². The maximum absolute atomic E-state index is 13.5. The van der Waals surface area contributed by atoms with E-state index in [1.54, 1.807) is 35.2 Å². The highest BCUT2D eigenvalue weighted by Gasteiger charge is 2.43. The van der Waals surface area contributed by atoms with Crippen molar-refractivity contribution in [1.29, 1.82) is 0 Å². The number of aryl methyl sites for hydroxylation is 1. The van der Waals surface area contributed by atoms with Gasteiger partial charge in [-0.3, -0.25) is 14.5 Å². The zero-order valence-electron chi connectivity index (χ0n) is 17.6. The fourth-order valence-electron chi connectivity index (χ4n) is 4.11. The van der Waals surface area contributed by atoms with Gasteiger partial charge in [-0.25, -0.2) is 0 Å². The van der Waals surface area contributed by atoms with Crippen LogP contribution in [0.5, 0.6) is 5.75 Å². The van der Waals surface area contributed by atoms with E-state index >= 15 is 0 Å². The van der Waals surface area contributed by atoms with Crippen LogP contribution in [0, 0.1) is 6.92 Å². The highest BCUT2D eigenvalue weighted by molar-refractivity contribution is 6.10. The number of nitrogens with zero attached hydrogens (tertiary/aromatic N) is 1. The van der Waals surface area contributed by atoms with E-state index in [4.69, 9.17) is 9.15 Å². The molecule has 1 atom stereocenters. The lowest BCUT2D eigenvalue weighted by Gasteiger charge is -2.25. The topological polar surface area (TPSA) is 59.8 Å². The van der Waals surface area contributed by atoms with E-state index in [9.17, 15) is 9.59 Å². The van der Waals surface area contributed by atoms with Crippen LogP contribution in [-0.2, 0) is 0 Å². The molecular formula is C27H21NO4. The van der Waals surface area contributed by atoms with Gasteiger partial charge >= 0.3 is 0 Å². The third kappa shape index (κ3) is 3.19. The van der Waals surface area contributed by atoms with E-state index in [0.717, 1.165) is 11.1 Å². The van der Waals surface area contributed by atoms with E-state index in [2.05, 4.69) is 6.58 Å². The summed E-state index contributed by atoms with van der Waals surface area (Å²) in [5.74, 6) is 0.445. The molecule has 1 amide bonds. The van der Waals surface area contributed by atoms with E-state index < -0.39 is 6.04 Å². The van der Waals surface area contributed by atoms with Crippen molar-refractivity contribution in [2.24, 2.45) is 0 Å². The maximum Gasteiger partial charge on any atom is 0.295 e. The molecule has 1 aromatic heterocycles. The van der Waals surface area contributed by atoms with Crippen LogP contribution in [0.15, 0.2) is 94.7 Å². The van der Waals surface area contributed by atoms with Gasteiger partial charge in [0.15, 0.2) is 5.43 Å². The summed E-state index contributed by atoms with van der Waals surface area (Å²) in [5, 5.41) is 0.459. The molecule has 0 bridgehead atoms. The van der Waals surface area contributed by atoms with Gasteiger partial charge in [-0.15, -0.1) is 0 Å². The Kier molecular flexibility index (Phi) is 4.86. The highest BCUT2D eigenvalue weighted by Crippen LogP contribution is 2.41. The fourth-order valence-corrected chi connectivity index (χ4v) is 4.11. The average molecular weight is 423 g/mol. The Morgan fingerprint density at radius 3 is 2.44 bits per heavy atom. The molecule has 0 saturated heterocycles. The first-order chi connectivity index (χ1) is 15.6. The number of benzene rings is 3. The minimum absolute atomic E-state index is 0.0891. The first-order valence-electron chi connectivity index (χ1n) is 10.4. The van der Waals surface area contributed by atoms with Crippen LogP contribution >= 0.6 is 0 Å². The van der Waals surface area contributed by atoms with Crippen molar-refractivity contribution in [2.45, 2.75) is 13.0 Å². The third-order valence-corrected chi connectivity index (χ3v) is 5.65. The lowest BCUT2D eigenvalue weighted by atomic mass is 9.98. The molecule has 32 heavy (non-hydrogen) atoms. The van der Waals surface area contributed by atoms with Gasteiger partial charge < -0.3 is 9.15 Å². The summed E-state index contributed by atoms with van der Waals surface area (Å²) in [7, 11) is 0. The summed E-state index contributed by atoms with van der Waals surface area (Å²) < 4.78 is 11.6. The molecule has 3 aromatic carbocycles. The van der Waals surface area contributed by atoms with Crippen molar-refractivity contribution in [2.75, 3.05) is 11.5 Å². The minimum atomic E-state index is -0.602. The minimum Gasteiger partial charge on any atom is -0.490 e. The van der Waals surface area contributed by atoms with E-state index in [-0.39, 0.29) is 17.1 Å². The predicted molar refractivity (Wildman–Crippen MR) is 124 cm³/mol. The van der Waals surface area contributed by atoms with Crippen LogP contribution in [0.25, 0.3) is 11.0 Å². The Balaban J connectivity index is 1.71. The normalized spacial score (nSPS) is 15.1. The van der Waals surface area contributed by atoms with Crippen molar-refractivity contribution in [3.63, 3.8) is 0 Å². The Bertz CT molecular complexity index is 1380. The summed E-state index contributed by atoms with van der Waals surface area (Å²) in [4.78, 5) is 28.7. The average Bonchev–Trinajstić information content (AvgIpc) is 3.11. The van der Waals surface area contributed by atoms with Crippen molar-refractivity contribution in [3.8, 4) is 5.75 Å². The summed E-state index contributed by atoms with van der Waals surface area (Å²) in [6.07, 6.45) is 1.68. The molecular weight excluding hydrogens is 402 g/mol. The summed E-state index contributed by atoms with van der Waals surface area (Å²) in [6, 6.07) is 21.5. The number of para-hydroxylation sites is 1. The largest absolute Gasteiger partial charge is 0.490 e. The lowest BCUT2D eigenvalue weighted by molar-refractivity contribution is 0.0971. The summed E-state index contributed by atoms with van der Waals surface area (Å²) in [5.41, 5.74) is 3.15. The van der Waals surface area contributed by atoms with Gasteiger partial charge in [0, 0.05) is 5.69 Å². The quantitative estimate of drug-likeness (QED) is 0.403. The van der Waals surface area contributed by atoms with Gasteiger partial charge in [0.1, 0.15) is 17.9 Å². The van der Waals surface area contributed by atoms with Gasteiger partial charge in [-0.05, 0) is 48.9 Å². The molecule has 1 unspecified atom stereocenters. The second kappa shape index (κ2) is 7.85. The molecule has 2 heterocycles. The van der Waals surface area contributed by atoms with Crippen molar-refractivity contribution in [1.82, 2.24) is 0 Å². The second-order valence-corrected chi connectivity index (χ2v) is 7.75. The van der Waals surface area contributed by atoms with Crippen LogP contribution in [-0.4, -0.2) is 12.5 Å². The van der Waals surface area contributed by atoms with Gasteiger partial charge in [0.2, 0.25) is 5.76 Å². The standard InChI is InChI=1S/C27H21NO4/c1-3-16-31-20-14-10-18(11-15-20)24-23-25(29)21-6-4-5-7-22(21)32-26(23)27(30)28(24)19-12-8-17(2)9-13-19/h3-15,24H,1,16H2,2H3. The van der Waals surface area contributed by atoms with Crippen LogP contribution in [0.2, 0.25) is 0 Å². The number of carbonyl (C=O) groups is 1. The lowest BCUT2D eigenvalue weighted by Crippen LogP contribution is -2.29. The SMILES string of the molecule is C=CCOc1ccc(C2c3c(oc4ccccc4c3=O)C(=O)N2c2ccc(C)cc2)cc1. The monoisotopic (exact) mass is 423 g/mol. The predicted octanol–water partition coefficient (Wildman–Crippen LogP) is 5.42. The summed E-state index contributed by atoms with van der Waals surface area (Å²) >= 11 is 0. The molecule has 1 aliphatic rings. The molecule has 158 valence electrons. The molecule has 0 aliphatic carbocycles. The Morgan fingerprint density at radius 1 is 1.00 bits per heavy atom. The number of anilines is 1. The smallest absolute Gasteiger partial charge is 0.295 e. The molecule has 0 fully saturated rings. The van der Waals surface area contributed by atoms with Crippen LogP contribution < -0.4 is 15.1 Å². The van der Waals surface area contributed by atoms with Crippen molar-refractivity contribution in [3.05, 3.63) is 118 Å². The van der Waals surface area contributed by atoms with Crippen LogP contribution in [0.1, 0.15) is 33.3 Å². The van der Waals surface area contributed by atoms with Gasteiger partial charge in [-0.1, -0.05) is 54.6 Å². The third-order valence-electron chi connectivity index (χ3n) is 5.65. The Labute approximate surface area is 185 Å². The van der Waals surface area contributed by atoms with Crippen molar-refractivity contribution < 1.29 is 13.9 Å². The Hall–Kier alpha value is -4.12. The van der Waals surface area contributed by atoms with Crippen molar-refractivity contribution >= 4 is 22.6 Å². The molecule has 5 nitrogen and oxygen atoms in total. The van der Waals surface area contributed by atoms with Gasteiger partial charge in [0.05, 0.1) is 17.0 Å². The van der Waals surface area contributed by atoms with Crippen LogP contribution in [0.3, 0.4) is 0 Å². The molecule has 4 aromatic rings. The number of hydrogen-bond donors (Lipinski definition) is 0. The highest BCUT2D eigenvalue weighted by atomic mass is 16.5. The number of ether oxygens (including phenoxy) is 1. The number of hydrogen-bond acceptors (Lipinski definition) is 4. The maximum atomic E-state index is 13.5. The summed E-state index contributed by atoms with van der Waals surface area (Å²) in [6.45, 7) is 6.05. The number of carbonyl (C=O) groups excluding carboxylic acids is 1. The number of fused-ring (bicyclic) bond motifs is 2. The first-order valence-corrected chi connectivity index (χ1v) is 10.4. The molecule has 1 aliphatic heterocycles. The molecule has 5 rings (SSSR count). The molecule has 0 N–H and O–H groups in total. The van der Waals surface area contributed by atoms with E-state index in [0.29, 0.717) is 34.6 Å². The second-order valence-electron chi connectivity index (χ2n) is 7.75. The number of amides is 1. The zero-order chi connectivity index (χ0) is 22.2. The zero-order valence-corrected chi connectivity index (χ0v) is 17.6. The molecule has 5 heteroatoms. The first kappa shape index (κ1) is 19.8.